The van der Waals surface area contributed by atoms with Crippen LogP contribution < -0.4 is 17.2 Å². The summed E-state index contributed by atoms with van der Waals surface area (Å²) in [5.74, 6) is -0.196. The summed E-state index contributed by atoms with van der Waals surface area (Å²) in [5.41, 5.74) is 15.1. The van der Waals surface area contributed by atoms with Gasteiger partial charge in [-0.15, -0.1) is 0 Å². The van der Waals surface area contributed by atoms with Crippen molar-refractivity contribution in [3.05, 3.63) is 0 Å². The maximum atomic E-state index is 10.2. The largest absolute Gasteiger partial charge is 0.370 e. The van der Waals surface area contributed by atoms with Crippen LogP contribution in [0, 0.1) is 0 Å². The first-order valence-corrected chi connectivity index (χ1v) is 4.46. The second-order valence-corrected chi connectivity index (χ2v) is 2.23. The predicted octanol–water partition coefficient (Wildman–Crippen LogP) is -0.0584. The second kappa shape index (κ2) is 10.7. The van der Waals surface area contributed by atoms with Crippen molar-refractivity contribution >= 4 is 11.9 Å². The van der Waals surface area contributed by atoms with Crippen LogP contribution >= 0.6 is 0 Å². The van der Waals surface area contributed by atoms with Crippen molar-refractivity contribution in [3.63, 3.8) is 0 Å². The van der Waals surface area contributed by atoms with Gasteiger partial charge in [0.1, 0.15) is 0 Å². The molecule has 0 fully saturated rings. The number of rotatable bonds is 5. The maximum Gasteiger partial charge on any atom is 0.217 e. The minimum absolute atomic E-state index is 0.0871. The molecule has 1 amide bonds. The molecule has 0 aromatic rings. The Balaban J connectivity index is 0. The lowest BCUT2D eigenvalue weighted by molar-refractivity contribution is -0.118. The van der Waals surface area contributed by atoms with Gasteiger partial charge in [0.2, 0.25) is 5.91 Å². The molecule has 5 nitrogen and oxygen atoms in total. The molecule has 0 aliphatic rings. The van der Waals surface area contributed by atoms with Crippen molar-refractivity contribution in [2.45, 2.75) is 33.1 Å². The summed E-state index contributed by atoms with van der Waals surface area (Å²) >= 11 is 0. The van der Waals surface area contributed by atoms with E-state index in [0.717, 1.165) is 12.8 Å². The van der Waals surface area contributed by atoms with E-state index in [4.69, 9.17) is 17.2 Å². The molecule has 0 spiro atoms. The Morgan fingerprint density at radius 2 is 1.69 bits per heavy atom. The Bertz CT molecular complexity index is 152. The fourth-order valence-electron chi connectivity index (χ4n) is 0.619. The van der Waals surface area contributed by atoms with Gasteiger partial charge in [-0.05, 0) is 12.8 Å². The Kier molecular flexibility index (Phi) is 11.8. The number of carbonyl (C=O) groups is 1. The van der Waals surface area contributed by atoms with E-state index in [-0.39, 0.29) is 11.9 Å². The average molecular weight is 188 g/mol. The van der Waals surface area contributed by atoms with Gasteiger partial charge in [0.05, 0.1) is 0 Å². The number of hydrogen-bond acceptors (Lipinski definition) is 2. The first kappa shape index (κ1) is 14.3. The van der Waals surface area contributed by atoms with E-state index in [1.54, 1.807) is 0 Å². The molecule has 0 heterocycles. The number of carbonyl (C=O) groups excluding carboxylic acids is 1. The molecule has 0 bridgehead atoms. The fourth-order valence-corrected chi connectivity index (χ4v) is 0.619. The van der Waals surface area contributed by atoms with Crippen molar-refractivity contribution in [2.24, 2.45) is 22.2 Å². The van der Waals surface area contributed by atoms with Gasteiger partial charge in [-0.1, -0.05) is 13.8 Å². The molecular weight excluding hydrogens is 168 g/mol. The summed E-state index contributed by atoms with van der Waals surface area (Å²) in [6.45, 7) is 4.57. The fraction of sp³-hybridized carbons (Fsp3) is 0.750. The van der Waals surface area contributed by atoms with E-state index in [0.29, 0.717) is 13.0 Å². The van der Waals surface area contributed by atoms with Gasteiger partial charge in [0.15, 0.2) is 5.96 Å². The third-order valence-corrected chi connectivity index (χ3v) is 1.13. The second-order valence-electron chi connectivity index (χ2n) is 2.23. The van der Waals surface area contributed by atoms with Gasteiger partial charge in [-0.2, -0.15) is 0 Å². The number of guanidine groups is 1. The van der Waals surface area contributed by atoms with E-state index in [2.05, 4.69) is 4.99 Å². The summed E-state index contributed by atoms with van der Waals surface area (Å²) in [6, 6.07) is 0. The molecule has 0 aromatic carbocycles. The first-order valence-electron chi connectivity index (χ1n) is 4.46. The van der Waals surface area contributed by atoms with E-state index < -0.39 is 0 Å². The van der Waals surface area contributed by atoms with Crippen LogP contribution in [-0.4, -0.2) is 18.4 Å². The monoisotopic (exact) mass is 188 g/mol. The van der Waals surface area contributed by atoms with Crippen LogP contribution in [0.15, 0.2) is 4.99 Å². The highest BCUT2D eigenvalue weighted by molar-refractivity contribution is 5.75. The lowest BCUT2D eigenvalue weighted by Crippen LogP contribution is -2.23. The van der Waals surface area contributed by atoms with Gasteiger partial charge in [0, 0.05) is 13.0 Å². The SMILES string of the molecule is CC.NC(=O)CCCCN=C(N)N. The number of unbranched alkanes of at least 4 members (excludes halogenated alkanes) is 1. The number of hydrogen-bond donors (Lipinski definition) is 3. The van der Waals surface area contributed by atoms with Crippen LogP contribution in [0.3, 0.4) is 0 Å². The van der Waals surface area contributed by atoms with Crippen LogP contribution in [0.25, 0.3) is 0 Å². The zero-order chi connectivity index (χ0) is 10.7. The van der Waals surface area contributed by atoms with Crippen LogP contribution in [0.5, 0.6) is 0 Å². The molecule has 0 aliphatic carbocycles. The standard InChI is InChI=1S/C6H14N4O.C2H6/c7-5(11)3-1-2-4-10-6(8)9;1-2/h1-4H2,(H2,7,11)(H4,8,9,10);1-2H3. The number of primary amides is 1. The molecule has 5 heteroatoms. The Hall–Kier alpha value is -1.26. The molecule has 0 saturated heterocycles. The topological polar surface area (TPSA) is 107 Å². The van der Waals surface area contributed by atoms with Crippen LogP contribution in [0.1, 0.15) is 33.1 Å². The van der Waals surface area contributed by atoms with Crippen LogP contribution in [-0.2, 0) is 4.79 Å². The molecule has 0 aromatic heterocycles. The minimum atomic E-state index is -0.283. The number of nitrogens with zero attached hydrogens (tertiary/aromatic N) is 1. The molecule has 0 saturated carbocycles. The molecule has 0 aliphatic heterocycles. The van der Waals surface area contributed by atoms with Gasteiger partial charge in [-0.3, -0.25) is 9.79 Å². The molecule has 13 heavy (non-hydrogen) atoms. The molecule has 0 rings (SSSR count). The van der Waals surface area contributed by atoms with E-state index in [1.807, 2.05) is 13.8 Å². The smallest absolute Gasteiger partial charge is 0.217 e. The van der Waals surface area contributed by atoms with Crippen molar-refractivity contribution < 1.29 is 4.79 Å². The molecule has 0 atom stereocenters. The highest BCUT2D eigenvalue weighted by Gasteiger charge is 1.92. The van der Waals surface area contributed by atoms with Gasteiger partial charge in [-0.25, -0.2) is 0 Å². The Morgan fingerprint density at radius 1 is 1.15 bits per heavy atom. The molecular formula is C8H20N4O. The molecule has 6 N–H and O–H groups in total. The molecule has 78 valence electrons. The van der Waals surface area contributed by atoms with Crippen molar-refractivity contribution in [1.29, 1.82) is 0 Å². The Morgan fingerprint density at radius 3 is 2.08 bits per heavy atom. The zero-order valence-electron chi connectivity index (χ0n) is 8.42. The van der Waals surface area contributed by atoms with E-state index in [9.17, 15) is 4.79 Å². The number of aliphatic imine (C=N–C) groups is 1. The van der Waals surface area contributed by atoms with E-state index >= 15 is 0 Å². The summed E-state index contributed by atoms with van der Waals surface area (Å²) < 4.78 is 0. The minimum Gasteiger partial charge on any atom is -0.370 e. The van der Waals surface area contributed by atoms with Gasteiger partial charge >= 0.3 is 0 Å². The highest BCUT2D eigenvalue weighted by Crippen LogP contribution is 1.93. The third-order valence-electron chi connectivity index (χ3n) is 1.13. The third kappa shape index (κ3) is 18.1. The van der Waals surface area contributed by atoms with Crippen LogP contribution in [0.2, 0.25) is 0 Å². The zero-order valence-corrected chi connectivity index (χ0v) is 8.42. The summed E-state index contributed by atoms with van der Waals surface area (Å²) in [5, 5.41) is 0. The quantitative estimate of drug-likeness (QED) is 0.319. The van der Waals surface area contributed by atoms with Gasteiger partial charge < -0.3 is 17.2 Å². The van der Waals surface area contributed by atoms with Crippen molar-refractivity contribution in [1.82, 2.24) is 0 Å². The van der Waals surface area contributed by atoms with Crippen LogP contribution in [0.4, 0.5) is 0 Å². The Labute approximate surface area is 79.4 Å². The van der Waals surface area contributed by atoms with Crippen molar-refractivity contribution in [2.75, 3.05) is 6.54 Å². The summed E-state index contributed by atoms with van der Waals surface area (Å²) in [4.78, 5) is 14.0. The maximum absolute atomic E-state index is 10.2. The van der Waals surface area contributed by atoms with E-state index in [1.165, 1.54) is 0 Å². The summed E-state index contributed by atoms with van der Waals surface area (Å²) in [7, 11) is 0. The normalized spacial score (nSPS) is 8.15. The lowest BCUT2D eigenvalue weighted by Gasteiger charge is -1.94. The first-order chi connectivity index (χ1) is 6.13. The lowest BCUT2D eigenvalue weighted by atomic mass is 10.2. The average Bonchev–Trinajstić information content (AvgIpc) is 2.06. The number of nitrogens with two attached hydrogens (primary N) is 3. The molecule has 0 radical (unpaired) electrons. The van der Waals surface area contributed by atoms with Crippen molar-refractivity contribution in [3.8, 4) is 0 Å². The summed E-state index contributed by atoms with van der Waals surface area (Å²) in [6.07, 6.45) is 1.94. The highest BCUT2D eigenvalue weighted by atomic mass is 16.1. The molecule has 0 unspecified atom stereocenters. The number of amides is 1. The predicted molar refractivity (Wildman–Crippen MR) is 55.1 cm³/mol. The van der Waals surface area contributed by atoms with Gasteiger partial charge in [0.25, 0.3) is 0 Å².